The van der Waals surface area contributed by atoms with Crippen LogP contribution in [0.1, 0.15) is 29.3 Å². The number of nitro groups is 1. The molecule has 0 spiro atoms. The fourth-order valence-corrected chi connectivity index (χ4v) is 1.42. The molecule has 0 unspecified atom stereocenters. The van der Waals surface area contributed by atoms with Crippen molar-refractivity contribution >= 4 is 17.4 Å². The van der Waals surface area contributed by atoms with Crippen molar-refractivity contribution in [3.8, 4) is 0 Å². The number of aryl methyl sites for hydroxylation is 1. The van der Waals surface area contributed by atoms with Gasteiger partial charge in [-0.3, -0.25) is 19.7 Å². The van der Waals surface area contributed by atoms with Gasteiger partial charge >= 0.3 is 5.97 Å². The SMILES string of the molecule is CCOC(=O)CC(=O)c1ccc(C)c([N+](=O)[O-])c1. The molecule has 0 amide bonds. The lowest BCUT2D eigenvalue weighted by Gasteiger charge is -2.03. The maximum atomic E-state index is 11.7. The van der Waals surface area contributed by atoms with Crippen LogP contribution in [0.2, 0.25) is 0 Å². The Balaban J connectivity index is 2.90. The van der Waals surface area contributed by atoms with Crippen molar-refractivity contribution in [2.24, 2.45) is 0 Å². The summed E-state index contributed by atoms with van der Waals surface area (Å²) in [6.07, 6.45) is -0.409. The van der Waals surface area contributed by atoms with Gasteiger partial charge in [-0.05, 0) is 13.8 Å². The van der Waals surface area contributed by atoms with Crippen molar-refractivity contribution in [2.45, 2.75) is 20.3 Å². The number of carbonyl (C=O) groups is 2. The molecule has 6 nitrogen and oxygen atoms in total. The largest absolute Gasteiger partial charge is 0.466 e. The van der Waals surface area contributed by atoms with E-state index in [4.69, 9.17) is 0 Å². The first-order chi connectivity index (χ1) is 8.45. The lowest BCUT2D eigenvalue weighted by molar-refractivity contribution is -0.385. The van der Waals surface area contributed by atoms with Crippen LogP contribution in [-0.2, 0) is 9.53 Å². The summed E-state index contributed by atoms with van der Waals surface area (Å²) in [6, 6.07) is 4.12. The molecule has 0 saturated heterocycles. The number of nitro benzene ring substituents is 1. The molecule has 0 atom stereocenters. The van der Waals surface area contributed by atoms with Crippen molar-refractivity contribution in [3.63, 3.8) is 0 Å². The molecule has 0 aliphatic carbocycles. The van der Waals surface area contributed by atoms with E-state index in [1.54, 1.807) is 13.8 Å². The van der Waals surface area contributed by atoms with Crippen LogP contribution in [0.4, 0.5) is 5.69 Å². The summed E-state index contributed by atoms with van der Waals surface area (Å²) in [5, 5.41) is 10.7. The van der Waals surface area contributed by atoms with E-state index in [0.717, 1.165) is 0 Å². The van der Waals surface area contributed by atoms with Gasteiger partial charge in [-0.25, -0.2) is 0 Å². The minimum atomic E-state index is -0.634. The van der Waals surface area contributed by atoms with E-state index >= 15 is 0 Å². The first-order valence-electron chi connectivity index (χ1n) is 5.39. The topological polar surface area (TPSA) is 86.5 Å². The second kappa shape index (κ2) is 5.90. The van der Waals surface area contributed by atoms with Gasteiger partial charge in [0, 0.05) is 17.2 Å². The zero-order valence-electron chi connectivity index (χ0n) is 10.1. The molecule has 0 radical (unpaired) electrons. The average Bonchev–Trinajstić information content (AvgIpc) is 2.29. The van der Waals surface area contributed by atoms with Gasteiger partial charge in [-0.2, -0.15) is 0 Å². The molecule has 0 N–H and O–H groups in total. The number of ketones is 1. The highest BCUT2D eigenvalue weighted by Crippen LogP contribution is 2.20. The maximum absolute atomic E-state index is 11.7. The van der Waals surface area contributed by atoms with Gasteiger partial charge in [0.05, 0.1) is 11.5 Å². The molecule has 0 fully saturated rings. The summed E-state index contributed by atoms with van der Waals surface area (Å²) in [5.74, 6) is -1.12. The van der Waals surface area contributed by atoms with Crippen molar-refractivity contribution in [1.29, 1.82) is 0 Å². The molecule has 0 saturated carbocycles. The van der Waals surface area contributed by atoms with Gasteiger partial charge in [0.2, 0.25) is 0 Å². The Morgan fingerprint density at radius 3 is 2.61 bits per heavy atom. The van der Waals surface area contributed by atoms with Crippen LogP contribution in [0.15, 0.2) is 18.2 Å². The second-order valence-electron chi connectivity index (χ2n) is 3.66. The molecular formula is C12H13NO5. The summed E-state index contributed by atoms with van der Waals surface area (Å²) >= 11 is 0. The summed E-state index contributed by atoms with van der Waals surface area (Å²) in [7, 11) is 0. The molecule has 6 heteroatoms. The molecule has 96 valence electrons. The van der Waals surface area contributed by atoms with E-state index in [1.807, 2.05) is 0 Å². The normalized spacial score (nSPS) is 9.89. The number of carbonyl (C=O) groups excluding carboxylic acids is 2. The summed E-state index contributed by atoms with van der Waals surface area (Å²) in [6.45, 7) is 3.41. The fourth-order valence-electron chi connectivity index (χ4n) is 1.42. The zero-order valence-corrected chi connectivity index (χ0v) is 10.1. The van der Waals surface area contributed by atoms with E-state index in [-0.39, 0.29) is 17.9 Å². The summed E-state index contributed by atoms with van der Waals surface area (Å²) in [4.78, 5) is 33.0. The number of hydrogen-bond donors (Lipinski definition) is 0. The van der Waals surface area contributed by atoms with Crippen LogP contribution >= 0.6 is 0 Å². The predicted octanol–water partition coefficient (Wildman–Crippen LogP) is 2.04. The Bertz CT molecular complexity index is 495. The Kier molecular flexibility index (Phi) is 4.53. The highest BCUT2D eigenvalue weighted by molar-refractivity contribution is 6.06. The molecule has 0 aromatic heterocycles. The standard InChI is InChI=1S/C12H13NO5/c1-3-18-12(15)7-11(14)9-5-4-8(2)10(6-9)13(16)17/h4-6H,3,7H2,1-2H3. The van der Waals surface area contributed by atoms with Crippen molar-refractivity contribution in [3.05, 3.63) is 39.4 Å². The monoisotopic (exact) mass is 251 g/mol. The molecular weight excluding hydrogens is 238 g/mol. The van der Waals surface area contributed by atoms with Gasteiger partial charge < -0.3 is 4.74 Å². The second-order valence-corrected chi connectivity index (χ2v) is 3.66. The minimum absolute atomic E-state index is 0.135. The van der Waals surface area contributed by atoms with Crippen LogP contribution in [0.5, 0.6) is 0 Å². The number of ether oxygens (including phenoxy) is 1. The highest BCUT2D eigenvalue weighted by Gasteiger charge is 2.17. The van der Waals surface area contributed by atoms with Crippen LogP contribution in [0, 0.1) is 17.0 Å². The quantitative estimate of drug-likeness (QED) is 0.263. The van der Waals surface area contributed by atoms with Gasteiger partial charge in [-0.15, -0.1) is 0 Å². The van der Waals surface area contributed by atoms with Crippen molar-refractivity contribution in [2.75, 3.05) is 6.61 Å². The number of rotatable bonds is 5. The van der Waals surface area contributed by atoms with E-state index in [9.17, 15) is 19.7 Å². The number of esters is 1. The summed E-state index contributed by atoms with van der Waals surface area (Å²) < 4.78 is 4.64. The van der Waals surface area contributed by atoms with Gasteiger partial charge in [-0.1, -0.05) is 12.1 Å². The van der Waals surface area contributed by atoms with E-state index in [1.165, 1.54) is 18.2 Å². The Morgan fingerprint density at radius 1 is 1.39 bits per heavy atom. The molecule has 1 aromatic rings. The highest BCUT2D eigenvalue weighted by atomic mass is 16.6. The Morgan fingerprint density at radius 2 is 2.06 bits per heavy atom. The molecule has 1 rings (SSSR count). The third-order valence-corrected chi connectivity index (χ3v) is 2.34. The third-order valence-electron chi connectivity index (χ3n) is 2.34. The van der Waals surface area contributed by atoms with Crippen molar-refractivity contribution < 1.29 is 19.2 Å². The first-order valence-corrected chi connectivity index (χ1v) is 5.39. The van der Waals surface area contributed by atoms with Crippen molar-refractivity contribution in [1.82, 2.24) is 0 Å². The maximum Gasteiger partial charge on any atom is 0.313 e. The molecule has 0 aliphatic rings. The molecule has 0 heterocycles. The summed E-state index contributed by atoms with van der Waals surface area (Å²) in [5.41, 5.74) is 0.470. The van der Waals surface area contributed by atoms with Gasteiger partial charge in [0.25, 0.3) is 5.69 Å². The lowest BCUT2D eigenvalue weighted by Crippen LogP contribution is -2.11. The van der Waals surface area contributed by atoms with Gasteiger partial charge in [0.15, 0.2) is 5.78 Å². The van der Waals surface area contributed by atoms with Crippen LogP contribution in [0.3, 0.4) is 0 Å². The average molecular weight is 251 g/mol. The predicted molar refractivity (Wildman–Crippen MR) is 63.4 cm³/mol. The Labute approximate surface area is 104 Å². The smallest absolute Gasteiger partial charge is 0.313 e. The fraction of sp³-hybridized carbons (Fsp3) is 0.333. The number of nitrogens with zero attached hydrogens (tertiary/aromatic N) is 1. The van der Waals surface area contributed by atoms with Crippen LogP contribution < -0.4 is 0 Å². The van der Waals surface area contributed by atoms with E-state index in [0.29, 0.717) is 5.56 Å². The molecule has 0 bridgehead atoms. The van der Waals surface area contributed by atoms with E-state index < -0.39 is 23.1 Å². The number of hydrogen-bond acceptors (Lipinski definition) is 5. The minimum Gasteiger partial charge on any atom is -0.466 e. The van der Waals surface area contributed by atoms with Crippen LogP contribution in [0.25, 0.3) is 0 Å². The third kappa shape index (κ3) is 3.38. The van der Waals surface area contributed by atoms with Gasteiger partial charge in [0.1, 0.15) is 6.42 Å². The lowest BCUT2D eigenvalue weighted by atomic mass is 10.0. The molecule has 0 aliphatic heterocycles. The first kappa shape index (κ1) is 13.8. The Hall–Kier alpha value is -2.24. The number of Topliss-reactive ketones (excluding diaryl/α,β-unsaturated/α-hetero) is 1. The van der Waals surface area contributed by atoms with Crippen LogP contribution in [-0.4, -0.2) is 23.3 Å². The van der Waals surface area contributed by atoms with E-state index in [2.05, 4.69) is 4.74 Å². The zero-order chi connectivity index (χ0) is 13.7. The molecule has 1 aromatic carbocycles. The molecule has 18 heavy (non-hydrogen) atoms. The number of benzene rings is 1.